The Balaban J connectivity index is 1.60. The minimum Gasteiger partial charge on any atom is -0.419 e. The number of piperidine rings is 1. The number of aromatic nitrogens is 2. The van der Waals surface area contributed by atoms with Gasteiger partial charge in [-0.3, -0.25) is 9.69 Å². The molecule has 6 heteroatoms. The van der Waals surface area contributed by atoms with E-state index in [4.69, 9.17) is 10.2 Å². The summed E-state index contributed by atoms with van der Waals surface area (Å²) in [5, 5.41) is 8.17. The number of nitrogens with zero attached hydrogens (tertiary/aromatic N) is 3. The lowest BCUT2D eigenvalue weighted by Gasteiger charge is -2.29. The van der Waals surface area contributed by atoms with E-state index in [1.54, 1.807) is 0 Å². The molecule has 2 aromatic rings. The minimum atomic E-state index is -0.196. The van der Waals surface area contributed by atoms with Gasteiger partial charge in [0.2, 0.25) is 17.7 Å². The van der Waals surface area contributed by atoms with Crippen LogP contribution >= 0.6 is 0 Å². The summed E-state index contributed by atoms with van der Waals surface area (Å²) in [6.45, 7) is 2.28. The maximum atomic E-state index is 11.1. The molecule has 2 heterocycles. The van der Waals surface area contributed by atoms with Crippen molar-refractivity contribution >= 4 is 5.91 Å². The Kier molecular flexibility index (Phi) is 3.96. The van der Waals surface area contributed by atoms with Gasteiger partial charge in [-0.1, -0.05) is 18.2 Å². The Morgan fingerprint density at radius 2 is 1.95 bits per heavy atom. The Labute approximate surface area is 123 Å². The number of carbonyl (C=O) groups is 1. The molecule has 0 bridgehead atoms. The van der Waals surface area contributed by atoms with Gasteiger partial charge >= 0.3 is 0 Å². The zero-order valence-electron chi connectivity index (χ0n) is 11.7. The number of hydrogen-bond acceptors (Lipinski definition) is 5. The molecular formula is C15H18N4O2. The Hall–Kier alpha value is -2.21. The van der Waals surface area contributed by atoms with Gasteiger partial charge in [-0.05, 0) is 38.1 Å². The fourth-order valence-corrected chi connectivity index (χ4v) is 2.58. The summed E-state index contributed by atoms with van der Waals surface area (Å²) in [5.74, 6) is 0.951. The molecule has 1 amide bonds. The van der Waals surface area contributed by atoms with Crippen molar-refractivity contribution in [1.82, 2.24) is 15.1 Å². The van der Waals surface area contributed by atoms with Crippen LogP contribution in [0.5, 0.6) is 0 Å². The van der Waals surface area contributed by atoms with Gasteiger partial charge in [-0.25, -0.2) is 0 Å². The Bertz CT molecular complexity index is 603. The van der Waals surface area contributed by atoms with Crippen LogP contribution in [0.4, 0.5) is 0 Å². The molecule has 2 N–H and O–H groups in total. The molecule has 0 radical (unpaired) electrons. The monoisotopic (exact) mass is 286 g/mol. The van der Waals surface area contributed by atoms with Crippen LogP contribution in [0.2, 0.25) is 0 Å². The number of nitrogens with two attached hydrogens (primary N) is 1. The lowest BCUT2D eigenvalue weighted by molar-refractivity contribution is -0.123. The summed E-state index contributed by atoms with van der Waals surface area (Å²) < 4.78 is 5.69. The summed E-state index contributed by atoms with van der Waals surface area (Å²) in [7, 11) is 0. The lowest BCUT2D eigenvalue weighted by Crippen LogP contribution is -2.38. The predicted molar refractivity (Wildman–Crippen MR) is 76.9 cm³/mol. The maximum Gasteiger partial charge on any atom is 0.247 e. The van der Waals surface area contributed by atoms with E-state index < -0.39 is 0 Å². The van der Waals surface area contributed by atoms with Gasteiger partial charge in [-0.2, -0.15) is 0 Å². The normalized spacial score (nSPS) is 17.0. The molecule has 1 aliphatic heterocycles. The van der Waals surface area contributed by atoms with Crippen molar-refractivity contribution in [2.45, 2.75) is 19.4 Å². The highest BCUT2D eigenvalue weighted by atomic mass is 16.4. The number of rotatable bonds is 4. The smallest absolute Gasteiger partial charge is 0.247 e. The topological polar surface area (TPSA) is 85.3 Å². The van der Waals surface area contributed by atoms with Crippen LogP contribution in [-0.4, -0.2) is 34.1 Å². The highest BCUT2D eigenvalue weighted by Gasteiger charge is 2.24. The highest BCUT2D eigenvalue weighted by Crippen LogP contribution is 2.20. The second-order valence-corrected chi connectivity index (χ2v) is 5.32. The summed E-state index contributed by atoms with van der Waals surface area (Å²) >= 11 is 0. The molecule has 0 aliphatic carbocycles. The molecule has 1 saturated heterocycles. The summed E-state index contributed by atoms with van der Waals surface area (Å²) in [4.78, 5) is 13.4. The third-order valence-electron chi connectivity index (χ3n) is 3.84. The quantitative estimate of drug-likeness (QED) is 0.919. The molecule has 21 heavy (non-hydrogen) atoms. The van der Waals surface area contributed by atoms with Gasteiger partial charge < -0.3 is 10.2 Å². The predicted octanol–water partition coefficient (Wildman–Crippen LogP) is 1.43. The van der Waals surface area contributed by atoms with E-state index in [9.17, 15) is 4.79 Å². The van der Waals surface area contributed by atoms with Gasteiger partial charge in [0.05, 0.1) is 6.54 Å². The average Bonchev–Trinajstić information content (AvgIpc) is 2.97. The van der Waals surface area contributed by atoms with Crippen LogP contribution in [0.15, 0.2) is 34.7 Å². The molecule has 0 unspecified atom stereocenters. The van der Waals surface area contributed by atoms with Crippen molar-refractivity contribution in [3.05, 3.63) is 36.2 Å². The average molecular weight is 286 g/mol. The van der Waals surface area contributed by atoms with Crippen molar-refractivity contribution in [1.29, 1.82) is 0 Å². The lowest BCUT2D eigenvalue weighted by atomic mass is 9.96. The first-order valence-electron chi connectivity index (χ1n) is 7.12. The highest BCUT2D eigenvalue weighted by molar-refractivity contribution is 5.76. The van der Waals surface area contributed by atoms with Crippen molar-refractivity contribution < 1.29 is 9.21 Å². The van der Waals surface area contributed by atoms with E-state index in [-0.39, 0.29) is 11.8 Å². The summed E-state index contributed by atoms with van der Waals surface area (Å²) in [5.41, 5.74) is 6.25. The molecule has 6 nitrogen and oxygen atoms in total. The van der Waals surface area contributed by atoms with Crippen LogP contribution in [-0.2, 0) is 11.3 Å². The molecule has 1 aromatic carbocycles. The Morgan fingerprint density at radius 3 is 2.62 bits per heavy atom. The second-order valence-electron chi connectivity index (χ2n) is 5.32. The van der Waals surface area contributed by atoms with E-state index in [0.717, 1.165) is 31.5 Å². The first kappa shape index (κ1) is 13.8. The molecule has 1 aliphatic rings. The molecule has 1 aromatic heterocycles. The van der Waals surface area contributed by atoms with Crippen molar-refractivity contribution in [3.63, 3.8) is 0 Å². The molecule has 0 spiro atoms. The van der Waals surface area contributed by atoms with Crippen molar-refractivity contribution in [2.75, 3.05) is 13.1 Å². The first-order chi connectivity index (χ1) is 10.2. The van der Waals surface area contributed by atoms with Crippen molar-refractivity contribution in [2.24, 2.45) is 11.7 Å². The van der Waals surface area contributed by atoms with Gasteiger partial charge in [0, 0.05) is 11.5 Å². The zero-order valence-corrected chi connectivity index (χ0v) is 11.7. The molecule has 110 valence electrons. The van der Waals surface area contributed by atoms with Crippen LogP contribution in [0.1, 0.15) is 18.7 Å². The number of carbonyl (C=O) groups excluding carboxylic acids is 1. The number of primary amides is 1. The fraction of sp³-hybridized carbons (Fsp3) is 0.400. The molecule has 1 fully saturated rings. The first-order valence-corrected chi connectivity index (χ1v) is 7.12. The van der Waals surface area contributed by atoms with Gasteiger partial charge in [-0.15, -0.1) is 10.2 Å². The largest absolute Gasteiger partial charge is 0.419 e. The SMILES string of the molecule is NC(=O)C1CCN(Cc2nnc(-c3ccccc3)o2)CC1. The van der Waals surface area contributed by atoms with Crippen LogP contribution < -0.4 is 5.73 Å². The van der Waals surface area contributed by atoms with E-state index >= 15 is 0 Å². The van der Waals surface area contributed by atoms with Gasteiger partial charge in [0.15, 0.2) is 0 Å². The standard InChI is InChI=1S/C15H18N4O2/c16-14(20)11-6-8-19(9-7-11)10-13-17-18-15(21-13)12-4-2-1-3-5-12/h1-5,11H,6-10H2,(H2,16,20). The van der Waals surface area contributed by atoms with Gasteiger partial charge in [0.25, 0.3) is 0 Å². The molecular weight excluding hydrogens is 268 g/mol. The fourth-order valence-electron chi connectivity index (χ4n) is 2.58. The summed E-state index contributed by atoms with van der Waals surface area (Å²) in [6, 6.07) is 9.70. The van der Waals surface area contributed by atoms with E-state index in [1.165, 1.54) is 0 Å². The third kappa shape index (κ3) is 3.28. The van der Waals surface area contributed by atoms with Gasteiger partial charge in [0.1, 0.15) is 0 Å². The Morgan fingerprint density at radius 1 is 1.24 bits per heavy atom. The van der Waals surface area contributed by atoms with Crippen molar-refractivity contribution in [3.8, 4) is 11.5 Å². The van der Waals surface area contributed by atoms with E-state index in [0.29, 0.717) is 18.3 Å². The molecule has 0 atom stereocenters. The van der Waals surface area contributed by atoms with Crippen LogP contribution in [0.3, 0.4) is 0 Å². The number of amides is 1. The molecule has 3 rings (SSSR count). The zero-order chi connectivity index (χ0) is 14.7. The maximum absolute atomic E-state index is 11.1. The third-order valence-corrected chi connectivity index (χ3v) is 3.84. The number of likely N-dealkylation sites (tertiary alicyclic amines) is 1. The van der Waals surface area contributed by atoms with E-state index in [2.05, 4.69) is 15.1 Å². The second kappa shape index (κ2) is 6.05. The summed E-state index contributed by atoms with van der Waals surface area (Å²) in [6.07, 6.45) is 1.60. The van der Waals surface area contributed by atoms with E-state index in [1.807, 2.05) is 30.3 Å². The minimum absolute atomic E-state index is 0.00353. The number of benzene rings is 1. The van der Waals surface area contributed by atoms with Crippen LogP contribution in [0, 0.1) is 5.92 Å². The number of hydrogen-bond donors (Lipinski definition) is 1. The molecule has 0 saturated carbocycles. The van der Waals surface area contributed by atoms with Crippen LogP contribution in [0.25, 0.3) is 11.5 Å².